The molecule has 0 amide bonds. The zero-order valence-corrected chi connectivity index (χ0v) is 17.7. The van der Waals surface area contributed by atoms with Crippen LogP contribution in [0.4, 0.5) is 0 Å². The molecular weight excluding hydrogens is 394 g/mol. The highest BCUT2D eigenvalue weighted by atomic mass is 32.2. The zero-order chi connectivity index (χ0) is 20.6. The molecular formula is C20H27N3O5S. The van der Waals surface area contributed by atoms with Crippen LogP contribution in [0.5, 0.6) is 0 Å². The predicted molar refractivity (Wildman–Crippen MR) is 107 cm³/mol. The number of nitrogens with zero attached hydrogens (tertiary/aromatic N) is 3. The first-order valence-electron chi connectivity index (χ1n) is 10.2. The van der Waals surface area contributed by atoms with Crippen molar-refractivity contribution in [2.24, 2.45) is 11.8 Å². The number of rotatable bonds is 7. The van der Waals surface area contributed by atoms with E-state index in [1.54, 1.807) is 18.2 Å². The first kappa shape index (κ1) is 20.3. The molecule has 1 aliphatic carbocycles. The molecule has 1 aromatic carbocycles. The molecule has 0 unspecified atom stereocenters. The van der Waals surface area contributed by atoms with Crippen molar-refractivity contribution >= 4 is 27.0 Å². The number of ether oxygens (including phenoxy) is 2. The molecule has 8 nitrogen and oxygen atoms in total. The number of hydrogen-bond acceptors (Lipinski definition) is 6. The fourth-order valence-electron chi connectivity index (χ4n) is 3.73. The Balaban J connectivity index is 1.61. The molecule has 0 radical (unpaired) electrons. The molecule has 158 valence electrons. The number of carbonyl (C=O) groups is 1. The molecule has 1 aromatic heterocycles. The van der Waals surface area contributed by atoms with Crippen molar-refractivity contribution < 1.29 is 22.7 Å². The summed E-state index contributed by atoms with van der Waals surface area (Å²) in [5, 5.41) is 0. The molecule has 9 heteroatoms. The number of fused-ring (bicyclic) bond motifs is 1. The van der Waals surface area contributed by atoms with E-state index in [9.17, 15) is 13.2 Å². The van der Waals surface area contributed by atoms with Crippen molar-refractivity contribution in [1.82, 2.24) is 13.9 Å². The van der Waals surface area contributed by atoms with Gasteiger partial charge in [-0.25, -0.2) is 13.4 Å². The fourth-order valence-corrected chi connectivity index (χ4v) is 5.16. The normalized spacial score (nSPS) is 22.7. The summed E-state index contributed by atoms with van der Waals surface area (Å²) in [5.41, 5.74) is 1.44. The van der Waals surface area contributed by atoms with Crippen molar-refractivity contribution in [2.75, 3.05) is 26.3 Å². The van der Waals surface area contributed by atoms with Gasteiger partial charge in [-0.3, -0.25) is 4.79 Å². The van der Waals surface area contributed by atoms with Gasteiger partial charge in [0, 0.05) is 19.6 Å². The summed E-state index contributed by atoms with van der Waals surface area (Å²) in [4.78, 5) is 16.9. The summed E-state index contributed by atoms with van der Waals surface area (Å²) in [7, 11) is -3.59. The van der Waals surface area contributed by atoms with E-state index in [0.717, 1.165) is 24.9 Å². The van der Waals surface area contributed by atoms with Crippen LogP contribution in [0.1, 0.15) is 32.5 Å². The quantitative estimate of drug-likeness (QED) is 0.637. The van der Waals surface area contributed by atoms with Crippen molar-refractivity contribution in [3.05, 3.63) is 24.0 Å². The molecule has 2 aliphatic rings. The number of benzene rings is 1. The second-order valence-corrected chi connectivity index (χ2v) is 9.71. The second kappa shape index (κ2) is 8.04. The first-order valence-corrected chi connectivity index (χ1v) is 11.6. The monoisotopic (exact) mass is 421 g/mol. The number of carbonyl (C=O) groups excluding carboxylic acids is 1. The van der Waals surface area contributed by atoms with Gasteiger partial charge >= 0.3 is 5.97 Å². The Bertz CT molecular complexity index is 1010. The summed E-state index contributed by atoms with van der Waals surface area (Å²) in [6.07, 6.45) is 1.77. The van der Waals surface area contributed by atoms with Gasteiger partial charge in [0.05, 0.1) is 35.1 Å². The van der Waals surface area contributed by atoms with Crippen LogP contribution < -0.4 is 0 Å². The van der Waals surface area contributed by atoms with Gasteiger partial charge in [-0.05, 0) is 37.0 Å². The number of imidazole rings is 1. The Labute approximate surface area is 170 Å². The third-order valence-corrected chi connectivity index (χ3v) is 7.50. The maximum Gasteiger partial charge on any atom is 0.309 e. The average Bonchev–Trinajstić information content (AvgIpc) is 3.36. The predicted octanol–water partition coefficient (Wildman–Crippen LogP) is 2.17. The topological polar surface area (TPSA) is 90.7 Å². The smallest absolute Gasteiger partial charge is 0.309 e. The number of aryl methyl sites for hydroxylation is 1. The molecule has 2 fully saturated rings. The summed E-state index contributed by atoms with van der Waals surface area (Å²) >= 11 is 0. The highest BCUT2D eigenvalue weighted by molar-refractivity contribution is 7.89. The maximum atomic E-state index is 12.9. The molecule has 0 spiro atoms. The highest BCUT2D eigenvalue weighted by Crippen LogP contribution is 2.38. The minimum Gasteiger partial charge on any atom is -0.457 e. The zero-order valence-electron chi connectivity index (χ0n) is 16.8. The first-order chi connectivity index (χ1) is 13.9. The van der Waals surface area contributed by atoms with E-state index in [1.165, 1.54) is 4.31 Å². The van der Waals surface area contributed by atoms with Gasteiger partial charge in [0.25, 0.3) is 0 Å². The van der Waals surface area contributed by atoms with Gasteiger partial charge < -0.3 is 14.0 Å². The Kier molecular flexibility index (Phi) is 5.63. The van der Waals surface area contributed by atoms with Gasteiger partial charge in [0.15, 0.2) is 0 Å². The lowest BCUT2D eigenvalue weighted by Gasteiger charge is -2.26. The Morgan fingerprint density at radius 2 is 2.03 bits per heavy atom. The number of morpholine rings is 1. The van der Waals surface area contributed by atoms with E-state index in [4.69, 9.17) is 9.47 Å². The van der Waals surface area contributed by atoms with Crippen LogP contribution in [-0.2, 0) is 37.4 Å². The number of sulfonamides is 1. The molecule has 29 heavy (non-hydrogen) atoms. The molecule has 4 rings (SSSR count). The molecule has 0 N–H and O–H groups in total. The van der Waals surface area contributed by atoms with E-state index in [-0.39, 0.29) is 23.4 Å². The van der Waals surface area contributed by atoms with Gasteiger partial charge in [0.2, 0.25) is 10.0 Å². The van der Waals surface area contributed by atoms with Crippen LogP contribution in [0.3, 0.4) is 0 Å². The largest absolute Gasteiger partial charge is 0.457 e. The van der Waals surface area contributed by atoms with Crippen LogP contribution in [0, 0.1) is 11.8 Å². The lowest BCUT2D eigenvalue weighted by Crippen LogP contribution is -2.40. The third-order valence-electron chi connectivity index (χ3n) is 5.61. The molecule has 2 heterocycles. The maximum absolute atomic E-state index is 12.9. The van der Waals surface area contributed by atoms with E-state index >= 15 is 0 Å². The SMILES string of the molecule is CCCn1c(COC(=O)[C@H]2C[C@@H]2C)nc2cc(S(=O)(=O)N3CCOCC3)ccc21. The van der Waals surface area contributed by atoms with E-state index in [0.29, 0.717) is 43.6 Å². The van der Waals surface area contributed by atoms with Gasteiger partial charge in [-0.2, -0.15) is 4.31 Å². The van der Waals surface area contributed by atoms with Crippen molar-refractivity contribution in [3.63, 3.8) is 0 Å². The third kappa shape index (κ3) is 4.04. The standard InChI is InChI=1S/C20H27N3O5S/c1-3-6-23-18-5-4-15(29(25,26)22-7-9-27-10-8-22)12-17(18)21-19(23)13-28-20(24)16-11-14(16)2/h4-5,12,14,16H,3,6-11,13H2,1-2H3/t14-,16-/m0/s1. The van der Waals surface area contributed by atoms with Gasteiger partial charge in [-0.15, -0.1) is 0 Å². The Morgan fingerprint density at radius 1 is 1.31 bits per heavy atom. The molecule has 0 bridgehead atoms. The van der Waals surface area contributed by atoms with Crippen molar-refractivity contribution in [2.45, 2.75) is 44.7 Å². The van der Waals surface area contributed by atoms with Crippen molar-refractivity contribution in [3.8, 4) is 0 Å². The van der Waals surface area contributed by atoms with E-state index in [1.807, 2.05) is 11.5 Å². The molecule has 1 saturated carbocycles. The lowest BCUT2D eigenvalue weighted by atomic mass is 10.3. The van der Waals surface area contributed by atoms with Crippen LogP contribution in [0.25, 0.3) is 11.0 Å². The average molecular weight is 422 g/mol. The van der Waals surface area contributed by atoms with E-state index < -0.39 is 10.0 Å². The number of aromatic nitrogens is 2. The van der Waals surface area contributed by atoms with Crippen LogP contribution in [-0.4, -0.2) is 54.5 Å². The molecule has 1 aliphatic heterocycles. The second-order valence-electron chi connectivity index (χ2n) is 7.77. The molecule has 2 atom stereocenters. The van der Waals surface area contributed by atoms with Crippen LogP contribution >= 0.6 is 0 Å². The summed E-state index contributed by atoms with van der Waals surface area (Å²) < 4.78 is 40.1. The number of esters is 1. The minimum atomic E-state index is -3.59. The number of hydrogen-bond donors (Lipinski definition) is 0. The highest BCUT2D eigenvalue weighted by Gasteiger charge is 2.40. The van der Waals surface area contributed by atoms with Gasteiger partial charge in [-0.1, -0.05) is 13.8 Å². The fraction of sp³-hybridized carbons (Fsp3) is 0.600. The minimum absolute atomic E-state index is 0.00396. The van der Waals surface area contributed by atoms with Crippen LogP contribution in [0.15, 0.2) is 23.1 Å². The Hall–Kier alpha value is -1.97. The van der Waals surface area contributed by atoms with Crippen LogP contribution in [0.2, 0.25) is 0 Å². The molecule has 2 aromatic rings. The van der Waals surface area contributed by atoms with E-state index in [2.05, 4.69) is 11.9 Å². The summed E-state index contributed by atoms with van der Waals surface area (Å²) in [6, 6.07) is 5.03. The summed E-state index contributed by atoms with van der Waals surface area (Å²) in [5.74, 6) is 0.863. The van der Waals surface area contributed by atoms with Crippen molar-refractivity contribution in [1.29, 1.82) is 0 Å². The molecule has 1 saturated heterocycles. The Morgan fingerprint density at radius 3 is 2.69 bits per heavy atom. The lowest BCUT2D eigenvalue weighted by molar-refractivity contribution is -0.147. The van der Waals surface area contributed by atoms with Gasteiger partial charge in [0.1, 0.15) is 12.4 Å². The summed E-state index contributed by atoms with van der Waals surface area (Å²) in [6.45, 7) is 6.43.